The van der Waals surface area contributed by atoms with Crippen LogP contribution in [0.5, 0.6) is 0 Å². The number of carbonyl (C=O) groups excluding carboxylic acids is 1. The molecule has 0 saturated heterocycles. The molecule has 0 aliphatic rings. The van der Waals surface area contributed by atoms with E-state index in [1.54, 1.807) is 18.7 Å². The van der Waals surface area contributed by atoms with E-state index in [1.807, 2.05) is 30.3 Å². The third-order valence-electron chi connectivity index (χ3n) is 6.54. The Bertz CT molecular complexity index is 1150. The predicted octanol–water partition coefficient (Wildman–Crippen LogP) is 8.98. The van der Waals surface area contributed by atoms with Crippen LogP contribution in [0.1, 0.15) is 67.8 Å². The van der Waals surface area contributed by atoms with Gasteiger partial charge in [0.2, 0.25) is 0 Å². The van der Waals surface area contributed by atoms with Crippen LogP contribution in [0.4, 0.5) is 5.69 Å². The molecule has 0 aromatic heterocycles. The van der Waals surface area contributed by atoms with Crippen molar-refractivity contribution in [3.8, 4) is 0 Å². The molecule has 172 valence electrons. The summed E-state index contributed by atoms with van der Waals surface area (Å²) in [6, 6.07) is 20.9. The zero-order chi connectivity index (χ0) is 24.0. The molecule has 0 fully saturated rings. The first-order valence-corrected chi connectivity index (χ1v) is 12.8. The molecule has 3 heteroatoms. The summed E-state index contributed by atoms with van der Waals surface area (Å²) in [4.78, 5) is 17.7. The summed E-state index contributed by atoms with van der Waals surface area (Å²) < 4.78 is 0. The second-order valence-corrected chi connectivity index (χ2v) is 9.93. The summed E-state index contributed by atoms with van der Waals surface area (Å²) in [5.41, 5.74) is 3.98. The van der Waals surface area contributed by atoms with Crippen molar-refractivity contribution >= 4 is 39.0 Å². The lowest BCUT2D eigenvalue weighted by molar-refractivity contribution is 0.101. The van der Waals surface area contributed by atoms with Gasteiger partial charge in [-0.3, -0.25) is 4.79 Å². The minimum Gasteiger partial charge on any atom is -0.294 e. The molecule has 0 aliphatic heterocycles. The second-order valence-electron chi connectivity index (χ2n) is 8.77. The van der Waals surface area contributed by atoms with E-state index in [1.165, 1.54) is 11.1 Å². The summed E-state index contributed by atoms with van der Waals surface area (Å²) in [6.45, 7) is 14.6. The summed E-state index contributed by atoms with van der Waals surface area (Å²) in [6.07, 6.45) is 4.10. The average molecular weight is 458 g/mol. The molecule has 3 atom stereocenters. The number of rotatable bonds is 9. The minimum atomic E-state index is 0.0375. The highest BCUT2D eigenvalue weighted by molar-refractivity contribution is 8.14. The molecule has 0 amide bonds. The maximum absolute atomic E-state index is 12.5. The van der Waals surface area contributed by atoms with Crippen LogP contribution in [0, 0.1) is 11.8 Å². The molecule has 0 N–H and O–H groups in total. The molecule has 0 heterocycles. The third-order valence-corrected chi connectivity index (χ3v) is 7.96. The smallest absolute Gasteiger partial charge is 0.161 e. The Balaban J connectivity index is 2.09. The van der Waals surface area contributed by atoms with Crippen molar-refractivity contribution in [1.82, 2.24) is 0 Å². The zero-order valence-corrected chi connectivity index (χ0v) is 21.3. The minimum absolute atomic E-state index is 0.0375. The average Bonchev–Trinajstić information content (AvgIpc) is 2.85. The van der Waals surface area contributed by atoms with Crippen LogP contribution in [-0.2, 0) is 6.42 Å². The number of hydrogen-bond acceptors (Lipinski definition) is 3. The van der Waals surface area contributed by atoms with Crippen LogP contribution in [0.3, 0.4) is 0 Å². The number of nitrogens with zero attached hydrogens (tertiary/aromatic N) is 1. The van der Waals surface area contributed by atoms with Gasteiger partial charge in [-0.25, -0.2) is 4.99 Å². The molecule has 0 bridgehead atoms. The molecule has 33 heavy (non-hydrogen) atoms. The number of aryl methyl sites for hydroxylation is 1. The van der Waals surface area contributed by atoms with E-state index in [0.717, 1.165) is 34.3 Å². The fourth-order valence-electron chi connectivity index (χ4n) is 3.88. The summed E-state index contributed by atoms with van der Waals surface area (Å²) in [5, 5.41) is 3.30. The van der Waals surface area contributed by atoms with E-state index < -0.39 is 0 Å². The first-order chi connectivity index (χ1) is 15.9. The fourth-order valence-corrected chi connectivity index (χ4v) is 5.13. The molecule has 3 unspecified atom stereocenters. The Morgan fingerprint density at radius 1 is 1.03 bits per heavy atom. The Morgan fingerprint density at radius 3 is 2.21 bits per heavy atom. The van der Waals surface area contributed by atoms with E-state index in [0.29, 0.717) is 11.5 Å². The van der Waals surface area contributed by atoms with Gasteiger partial charge in [-0.1, -0.05) is 100 Å². The van der Waals surface area contributed by atoms with Crippen molar-refractivity contribution in [2.75, 3.05) is 0 Å². The highest BCUT2D eigenvalue weighted by Gasteiger charge is 2.22. The van der Waals surface area contributed by atoms with Gasteiger partial charge in [-0.2, -0.15) is 0 Å². The van der Waals surface area contributed by atoms with Crippen LogP contribution >= 0.6 is 11.8 Å². The van der Waals surface area contributed by atoms with Gasteiger partial charge in [-0.05, 0) is 53.3 Å². The van der Waals surface area contributed by atoms with Crippen molar-refractivity contribution in [3.05, 3.63) is 90.0 Å². The molecule has 2 nitrogen and oxygen atoms in total. The Labute approximate surface area is 203 Å². The number of aliphatic imine (C=N–C) groups is 1. The maximum Gasteiger partial charge on any atom is 0.161 e. The Morgan fingerprint density at radius 2 is 1.67 bits per heavy atom. The number of fused-ring (bicyclic) bond motifs is 1. The molecule has 3 rings (SSSR count). The normalized spacial score (nSPS) is 14.6. The van der Waals surface area contributed by atoms with Gasteiger partial charge in [0.15, 0.2) is 5.78 Å². The van der Waals surface area contributed by atoms with Crippen LogP contribution in [-0.4, -0.2) is 10.8 Å². The number of carbonyl (C=O) groups is 1. The monoisotopic (exact) mass is 457 g/mol. The number of hydrogen-bond donors (Lipinski definition) is 0. The first-order valence-electron chi connectivity index (χ1n) is 11.9. The molecule has 0 radical (unpaired) electrons. The number of ketones is 1. The molecule has 0 aliphatic carbocycles. The van der Waals surface area contributed by atoms with Gasteiger partial charge >= 0.3 is 0 Å². The van der Waals surface area contributed by atoms with Crippen molar-refractivity contribution < 1.29 is 4.79 Å². The molecule has 0 spiro atoms. The van der Waals surface area contributed by atoms with Gasteiger partial charge in [-0.15, -0.1) is 6.58 Å². The SMILES string of the molecule is C=CC(SC(=Nc1cc2ccccc2cc1C(C)=O)C(C)C(C)CC)c1ccc(CC)cc1. The quantitative estimate of drug-likeness (QED) is 0.139. The molecular weight excluding hydrogens is 422 g/mol. The van der Waals surface area contributed by atoms with Gasteiger partial charge in [0.05, 0.1) is 16.0 Å². The largest absolute Gasteiger partial charge is 0.294 e. The fraction of sp³-hybridized carbons (Fsp3) is 0.333. The number of benzene rings is 3. The van der Waals surface area contributed by atoms with Crippen LogP contribution < -0.4 is 0 Å². The first kappa shape index (κ1) is 25.0. The van der Waals surface area contributed by atoms with E-state index in [9.17, 15) is 4.79 Å². The van der Waals surface area contributed by atoms with E-state index >= 15 is 0 Å². The van der Waals surface area contributed by atoms with Crippen molar-refractivity contribution in [3.63, 3.8) is 0 Å². The highest BCUT2D eigenvalue weighted by atomic mass is 32.2. The summed E-state index contributed by atoms with van der Waals surface area (Å²) in [5.74, 6) is 0.782. The van der Waals surface area contributed by atoms with Gasteiger partial charge in [0.25, 0.3) is 0 Å². The van der Waals surface area contributed by atoms with E-state index in [4.69, 9.17) is 4.99 Å². The lowest BCUT2D eigenvalue weighted by atomic mass is 9.94. The molecule has 0 saturated carbocycles. The summed E-state index contributed by atoms with van der Waals surface area (Å²) in [7, 11) is 0. The van der Waals surface area contributed by atoms with Crippen LogP contribution in [0.2, 0.25) is 0 Å². The maximum atomic E-state index is 12.5. The van der Waals surface area contributed by atoms with Crippen LogP contribution in [0.25, 0.3) is 10.8 Å². The second kappa shape index (κ2) is 11.5. The van der Waals surface area contributed by atoms with E-state index in [-0.39, 0.29) is 17.0 Å². The van der Waals surface area contributed by atoms with Crippen molar-refractivity contribution in [2.45, 2.75) is 52.7 Å². The molecule has 3 aromatic carbocycles. The molecular formula is C30H35NOS. The van der Waals surface area contributed by atoms with Gasteiger partial charge < -0.3 is 0 Å². The topological polar surface area (TPSA) is 29.4 Å². The van der Waals surface area contributed by atoms with Gasteiger partial charge in [0, 0.05) is 11.5 Å². The van der Waals surface area contributed by atoms with Gasteiger partial charge in [0.1, 0.15) is 0 Å². The van der Waals surface area contributed by atoms with E-state index in [2.05, 4.69) is 70.7 Å². The zero-order valence-electron chi connectivity index (χ0n) is 20.5. The predicted molar refractivity (Wildman–Crippen MR) is 146 cm³/mol. The number of Topliss-reactive ketones (excluding diaryl/α,β-unsaturated/α-hetero) is 1. The standard InChI is InChI=1S/C30H35NOS/c1-7-20(4)21(5)30(33-29(9-3)24-16-14-23(8-2)15-17-24)31-28-19-26-13-11-10-12-25(26)18-27(28)22(6)32/h9-21,29H,3,7-8H2,1-2,4-6H3. The Hall–Kier alpha value is -2.65. The Kier molecular flexibility index (Phi) is 8.68. The molecule has 3 aromatic rings. The lowest BCUT2D eigenvalue weighted by Crippen LogP contribution is -2.17. The number of thioether (sulfide) groups is 1. The highest BCUT2D eigenvalue weighted by Crippen LogP contribution is 2.38. The van der Waals surface area contributed by atoms with Crippen molar-refractivity contribution in [1.29, 1.82) is 0 Å². The summed E-state index contributed by atoms with van der Waals surface area (Å²) >= 11 is 1.75. The lowest BCUT2D eigenvalue weighted by Gasteiger charge is -2.24. The van der Waals surface area contributed by atoms with Crippen molar-refractivity contribution in [2.24, 2.45) is 16.8 Å². The van der Waals surface area contributed by atoms with Crippen LogP contribution in [0.15, 0.2) is 78.3 Å². The third kappa shape index (κ3) is 6.03.